The Hall–Kier alpha value is -1.18. The van der Waals surface area contributed by atoms with E-state index < -0.39 is 18.6 Å². The molecule has 16 heavy (non-hydrogen) atoms. The van der Waals surface area contributed by atoms with E-state index in [-0.39, 0.29) is 4.88 Å². The van der Waals surface area contributed by atoms with Crippen molar-refractivity contribution in [3.8, 4) is 0 Å². The third-order valence-electron chi connectivity index (χ3n) is 1.70. The van der Waals surface area contributed by atoms with Gasteiger partial charge < -0.3 is 5.32 Å². The van der Waals surface area contributed by atoms with Gasteiger partial charge in [-0.25, -0.2) is 0 Å². The number of carbonyl (C=O) groups is 1. The van der Waals surface area contributed by atoms with Gasteiger partial charge >= 0.3 is 6.18 Å². The molecular formula is C8H10F3N3OS. The molecule has 0 unspecified atom stereocenters. The molecule has 0 saturated heterocycles. The summed E-state index contributed by atoms with van der Waals surface area (Å²) in [5.74, 6) is -0.768. The number of aryl methyl sites for hydroxylation is 1. The van der Waals surface area contributed by atoms with Crippen molar-refractivity contribution >= 4 is 17.4 Å². The van der Waals surface area contributed by atoms with Crippen LogP contribution < -0.4 is 5.32 Å². The van der Waals surface area contributed by atoms with Gasteiger partial charge in [0, 0.05) is 0 Å². The number of alkyl halides is 3. The summed E-state index contributed by atoms with van der Waals surface area (Å²) in [4.78, 5) is 11.5. The highest BCUT2D eigenvalue weighted by molar-refractivity contribution is 7.08. The zero-order valence-electron chi connectivity index (χ0n) is 8.47. The molecule has 4 nitrogen and oxygen atoms in total. The lowest BCUT2D eigenvalue weighted by atomic mass is 10.2. The smallest absolute Gasteiger partial charge is 0.342 e. The van der Waals surface area contributed by atoms with Crippen molar-refractivity contribution < 1.29 is 18.0 Å². The zero-order valence-corrected chi connectivity index (χ0v) is 9.28. The lowest BCUT2D eigenvalue weighted by Gasteiger charge is -2.07. The van der Waals surface area contributed by atoms with Gasteiger partial charge in [0.25, 0.3) is 5.91 Å². The molecule has 90 valence electrons. The molecule has 1 aromatic rings. The summed E-state index contributed by atoms with van der Waals surface area (Å²) >= 11 is 0.808. The van der Waals surface area contributed by atoms with Gasteiger partial charge in [0.1, 0.15) is 11.4 Å². The number of aromatic nitrogens is 2. The van der Waals surface area contributed by atoms with Crippen LogP contribution in [-0.4, -0.2) is 28.2 Å². The predicted octanol–water partition coefficient (Wildman–Crippen LogP) is 1.78. The maximum absolute atomic E-state index is 11.9. The van der Waals surface area contributed by atoms with E-state index in [1.165, 1.54) is 0 Å². The fourth-order valence-corrected chi connectivity index (χ4v) is 1.67. The first-order valence-electron chi connectivity index (χ1n) is 4.60. The lowest BCUT2D eigenvalue weighted by Crippen LogP contribution is -2.33. The molecule has 0 spiro atoms. The molecule has 8 heteroatoms. The van der Waals surface area contributed by atoms with Gasteiger partial charge in [0.2, 0.25) is 0 Å². The molecule has 0 bridgehead atoms. The van der Waals surface area contributed by atoms with Crippen LogP contribution in [0.2, 0.25) is 0 Å². The summed E-state index contributed by atoms with van der Waals surface area (Å²) in [5, 5.41) is 5.49. The molecule has 1 heterocycles. The molecule has 0 fully saturated rings. The summed E-state index contributed by atoms with van der Waals surface area (Å²) in [5.41, 5.74) is 0.451. The number of hydrogen-bond donors (Lipinski definition) is 1. The summed E-state index contributed by atoms with van der Waals surface area (Å²) in [6.07, 6.45) is -3.12. The van der Waals surface area contributed by atoms with E-state index in [1.54, 1.807) is 5.32 Å². The van der Waals surface area contributed by atoms with Crippen LogP contribution in [0.1, 0.15) is 28.7 Å². The maximum Gasteiger partial charge on any atom is 0.405 e. The normalized spacial score (nSPS) is 11.5. The van der Waals surface area contributed by atoms with Gasteiger partial charge in [0.15, 0.2) is 0 Å². The Kier molecular flexibility index (Phi) is 4.22. The number of nitrogens with one attached hydrogen (secondary N) is 1. The van der Waals surface area contributed by atoms with E-state index in [0.29, 0.717) is 12.1 Å². The van der Waals surface area contributed by atoms with Gasteiger partial charge in [-0.2, -0.15) is 13.2 Å². The van der Waals surface area contributed by atoms with E-state index in [9.17, 15) is 18.0 Å². The lowest BCUT2D eigenvalue weighted by molar-refractivity contribution is -0.123. The van der Waals surface area contributed by atoms with Crippen LogP contribution in [0.3, 0.4) is 0 Å². The molecule has 0 atom stereocenters. The predicted molar refractivity (Wildman–Crippen MR) is 52.3 cm³/mol. The maximum atomic E-state index is 11.9. The average molecular weight is 253 g/mol. The van der Waals surface area contributed by atoms with Crippen LogP contribution in [0.5, 0.6) is 0 Å². The van der Waals surface area contributed by atoms with E-state index in [2.05, 4.69) is 9.59 Å². The quantitative estimate of drug-likeness (QED) is 0.889. The van der Waals surface area contributed by atoms with Crippen molar-refractivity contribution in [2.45, 2.75) is 25.9 Å². The SMILES string of the molecule is CCCc1nnsc1C(=O)NCC(F)(F)F. The number of halogens is 3. The van der Waals surface area contributed by atoms with Gasteiger partial charge in [-0.3, -0.25) is 4.79 Å². The van der Waals surface area contributed by atoms with Crippen molar-refractivity contribution in [2.75, 3.05) is 6.54 Å². The number of rotatable bonds is 4. The van der Waals surface area contributed by atoms with Crippen molar-refractivity contribution in [1.82, 2.24) is 14.9 Å². The summed E-state index contributed by atoms with van der Waals surface area (Å²) in [7, 11) is 0. The largest absolute Gasteiger partial charge is 0.405 e. The Morgan fingerprint density at radius 3 is 2.75 bits per heavy atom. The second-order valence-electron chi connectivity index (χ2n) is 3.10. The fourth-order valence-electron chi connectivity index (χ4n) is 1.04. The van der Waals surface area contributed by atoms with Crippen LogP contribution in [0.4, 0.5) is 13.2 Å². The molecule has 0 aliphatic heterocycles. The van der Waals surface area contributed by atoms with Crippen molar-refractivity contribution in [3.05, 3.63) is 10.6 Å². The van der Waals surface area contributed by atoms with Crippen LogP contribution >= 0.6 is 11.5 Å². The minimum atomic E-state index is -4.40. The molecule has 0 aliphatic carbocycles. The minimum Gasteiger partial charge on any atom is -0.342 e. The van der Waals surface area contributed by atoms with Gasteiger partial charge in [0.05, 0.1) is 5.69 Å². The molecule has 0 aromatic carbocycles. The van der Waals surface area contributed by atoms with E-state index in [0.717, 1.165) is 18.0 Å². The second-order valence-corrected chi connectivity index (χ2v) is 3.85. The first kappa shape index (κ1) is 12.9. The molecule has 1 amide bonds. The third kappa shape index (κ3) is 3.76. The molecule has 1 N–H and O–H groups in total. The van der Waals surface area contributed by atoms with Crippen molar-refractivity contribution in [3.63, 3.8) is 0 Å². The molecule has 0 aliphatic rings. The molecule has 0 radical (unpaired) electrons. The van der Waals surface area contributed by atoms with Crippen LogP contribution in [-0.2, 0) is 6.42 Å². The molecule has 0 saturated carbocycles. The minimum absolute atomic E-state index is 0.158. The number of hydrogen-bond acceptors (Lipinski definition) is 4. The van der Waals surface area contributed by atoms with Crippen molar-refractivity contribution in [1.29, 1.82) is 0 Å². The summed E-state index contributed by atoms with van der Waals surface area (Å²) < 4.78 is 39.1. The van der Waals surface area contributed by atoms with Crippen LogP contribution in [0.25, 0.3) is 0 Å². The number of nitrogens with zero attached hydrogens (tertiary/aromatic N) is 2. The van der Waals surface area contributed by atoms with Gasteiger partial charge in [-0.1, -0.05) is 17.8 Å². The second kappa shape index (κ2) is 5.24. The fraction of sp³-hybridized carbons (Fsp3) is 0.625. The first-order valence-corrected chi connectivity index (χ1v) is 5.37. The zero-order chi connectivity index (χ0) is 12.2. The standard InChI is InChI=1S/C8H10F3N3OS/c1-2-3-5-6(16-14-13-5)7(15)12-4-8(9,10)11/h2-4H2,1H3,(H,12,15). The Morgan fingerprint density at radius 2 is 2.19 bits per heavy atom. The van der Waals surface area contributed by atoms with Gasteiger partial charge in [-0.05, 0) is 18.0 Å². The Morgan fingerprint density at radius 1 is 1.50 bits per heavy atom. The molecule has 1 rings (SSSR count). The Labute approximate surface area is 94.0 Å². The van der Waals surface area contributed by atoms with E-state index in [1.807, 2.05) is 6.92 Å². The number of carbonyl (C=O) groups excluding carboxylic acids is 1. The molecule has 1 aromatic heterocycles. The molecular weight excluding hydrogens is 243 g/mol. The Bertz CT molecular complexity index is 364. The van der Waals surface area contributed by atoms with Crippen LogP contribution in [0.15, 0.2) is 0 Å². The Balaban J connectivity index is 2.62. The highest BCUT2D eigenvalue weighted by atomic mass is 32.1. The summed E-state index contributed by atoms with van der Waals surface area (Å²) in [6.45, 7) is 0.548. The first-order chi connectivity index (χ1) is 7.44. The summed E-state index contributed by atoms with van der Waals surface area (Å²) in [6, 6.07) is 0. The third-order valence-corrected chi connectivity index (χ3v) is 2.47. The monoisotopic (exact) mass is 253 g/mol. The average Bonchev–Trinajstić information content (AvgIpc) is 2.62. The highest BCUT2D eigenvalue weighted by Gasteiger charge is 2.28. The van der Waals surface area contributed by atoms with E-state index in [4.69, 9.17) is 0 Å². The van der Waals surface area contributed by atoms with E-state index >= 15 is 0 Å². The van der Waals surface area contributed by atoms with Crippen LogP contribution in [0, 0.1) is 0 Å². The van der Waals surface area contributed by atoms with Crippen molar-refractivity contribution in [2.24, 2.45) is 0 Å². The number of amides is 1. The van der Waals surface area contributed by atoms with Gasteiger partial charge in [-0.15, -0.1) is 5.10 Å². The highest BCUT2D eigenvalue weighted by Crippen LogP contribution is 2.15. The topological polar surface area (TPSA) is 54.9 Å².